The molecular formula is C35H41N3O4Si. The van der Waals surface area contributed by atoms with Gasteiger partial charge in [0.05, 0.1) is 6.20 Å². The molecular weight excluding hydrogens is 554 g/mol. The molecule has 7 nitrogen and oxygen atoms in total. The fourth-order valence-corrected chi connectivity index (χ4v) is 6.89. The molecule has 0 N–H and O–H groups in total. The fourth-order valence-electron chi connectivity index (χ4n) is 5.70. The molecule has 0 radical (unpaired) electrons. The molecule has 2 heterocycles. The van der Waals surface area contributed by atoms with Crippen LogP contribution >= 0.6 is 0 Å². The molecule has 1 aliphatic carbocycles. The molecule has 224 valence electrons. The highest BCUT2D eigenvalue weighted by Gasteiger charge is 2.41. The van der Waals surface area contributed by atoms with Gasteiger partial charge in [0.1, 0.15) is 12.7 Å². The molecule has 43 heavy (non-hydrogen) atoms. The van der Waals surface area contributed by atoms with Crippen LogP contribution in [0.2, 0.25) is 18.1 Å². The normalized spacial score (nSPS) is 16.1. The van der Waals surface area contributed by atoms with Crippen molar-refractivity contribution in [1.29, 1.82) is 0 Å². The van der Waals surface area contributed by atoms with Crippen molar-refractivity contribution in [3.63, 3.8) is 0 Å². The van der Waals surface area contributed by atoms with E-state index >= 15 is 0 Å². The standard InChI is InChI=1S/C35H41N3O4Si/c1-35(2,3)43(4,5)42-32(25-13-7-6-8-14-25)31-23-36-33(41-31)37-19-21-38(22-20-37)34(39)40-24-30-28-17-11-9-15-26(28)27-16-10-12-18-29(27)30/h6-18,23,30,32H,19-22,24H2,1-5H3/t32-/m0/s1. The molecule has 0 unspecified atom stereocenters. The van der Waals surface area contributed by atoms with Gasteiger partial charge in [-0.25, -0.2) is 9.78 Å². The monoisotopic (exact) mass is 595 g/mol. The van der Waals surface area contributed by atoms with Crippen LogP contribution in [0.3, 0.4) is 0 Å². The molecule has 3 aromatic carbocycles. The number of hydrogen-bond acceptors (Lipinski definition) is 6. The minimum Gasteiger partial charge on any atom is -0.448 e. The minimum atomic E-state index is -2.10. The molecule has 4 aromatic rings. The van der Waals surface area contributed by atoms with Gasteiger partial charge in [0.25, 0.3) is 6.01 Å². The second kappa shape index (κ2) is 11.7. The molecule has 1 aliphatic heterocycles. The third kappa shape index (κ3) is 5.86. The van der Waals surface area contributed by atoms with E-state index < -0.39 is 8.32 Å². The lowest BCUT2D eigenvalue weighted by atomic mass is 9.98. The van der Waals surface area contributed by atoms with Gasteiger partial charge in [-0.05, 0) is 45.9 Å². The van der Waals surface area contributed by atoms with Crippen LogP contribution in [0.1, 0.15) is 55.2 Å². The number of aromatic nitrogens is 1. The van der Waals surface area contributed by atoms with E-state index in [2.05, 4.69) is 104 Å². The molecule has 1 fully saturated rings. The zero-order valence-corrected chi connectivity index (χ0v) is 26.7. The maximum atomic E-state index is 13.1. The second-order valence-corrected chi connectivity index (χ2v) is 17.7. The van der Waals surface area contributed by atoms with E-state index in [1.165, 1.54) is 22.3 Å². The highest BCUT2D eigenvalue weighted by molar-refractivity contribution is 6.74. The number of amides is 1. The van der Waals surface area contributed by atoms with Crippen LogP contribution in [0.4, 0.5) is 10.8 Å². The van der Waals surface area contributed by atoms with E-state index in [0.29, 0.717) is 44.6 Å². The number of hydrogen-bond donors (Lipinski definition) is 0. The Labute approximate surface area is 255 Å². The summed E-state index contributed by atoms with van der Waals surface area (Å²) in [6, 6.07) is 27.5. The van der Waals surface area contributed by atoms with E-state index in [9.17, 15) is 4.79 Å². The van der Waals surface area contributed by atoms with E-state index in [4.69, 9.17) is 13.6 Å². The highest BCUT2D eigenvalue weighted by atomic mass is 28.4. The Balaban J connectivity index is 1.09. The number of carbonyl (C=O) groups is 1. The minimum absolute atomic E-state index is 0.0504. The first-order valence-electron chi connectivity index (χ1n) is 15.2. The first-order chi connectivity index (χ1) is 20.6. The Hall–Kier alpha value is -3.88. The number of fused-ring (bicyclic) bond motifs is 3. The smallest absolute Gasteiger partial charge is 0.409 e. The Morgan fingerprint density at radius 2 is 1.49 bits per heavy atom. The number of nitrogens with zero attached hydrogens (tertiary/aromatic N) is 3. The van der Waals surface area contributed by atoms with E-state index in [1.54, 1.807) is 11.1 Å². The summed E-state index contributed by atoms with van der Waals surface area (Å²) in [5, 5.41) is 0.0539. The molecule has 6 rings (SSSR count). The first kappa shape index (κ1) is 29.2. The van der Waals surface area contributed by atoms with Crippen LogP contribution in [0, 0.1) is 0 Å². The van der Waals surface area contributed by atoms with Crippen molar-refractivity contribution in [3.8, 4) is 11.1 Å². The average molecular weight is 596 g/mol. The van der Waals surface area contributed by atoms with Gasteiger partial charge < -0.3 is 23.4 Å². The van der Waals surface area contributed by atoms with Crippen LogP contribution in [0.25, 0.3) is 11.1 Å². The van der Waals surface area contributed by atoms with Crippen LogP contribution in [-0.4, -0.2) is 57.1 Å². The molecule has 2 aliphatic rings. The van der Waals surface area contributed by atoms with Crippen molar-refractivity contribution in [2.45, 2.75) is 50.9 Å². The maximum Gasteiger partial charge on any atom is 0.409 e. The Kier molecular flexibility index (Phi) is 7.92. The zero-order chi connectivity index (χ0) is 30.2. The first-order valence-corrected chi connectivity index (χ1v) is 18.1. The molecule has 0 bridgehead atoms. The summed E-state index contributed by atoms with van der Waals surface area (Å²) in [5.41, 5.74) is 5.93. The summed E-state index contributed by atoms with van der Waals surface area (Å²) >= 11 is 0. The largest absolute Gasteiger partial charge is 0.448 e. The van der Waals surface area contributed by atoms with Gasteiger partial charge in [0.15, 0.2) is 14.1 Å². The topological polar surface area (TPSA) is 68.0 Å². The van der Waals surface area contributed by atoms with Crippen molar-refractivity contribution in [1.82, 2.24) is 9.88 Å². The van der Waals surface area contributed by atoms with Gasteiger partial charge in [-0.1, -0.05) is 99.6 Å². The molecule has 1 saturated heterocycles. The van der Waals surface area contributed by atoms with Gasteiger partial charge in [-0.2, -0.15) is 0 Å². The fraction of sp³-hybridized carbons (Fsp3) is 0.371. The van der Waals surface area contributed by atoms with Gasteiger partial charge in [-0.15, -0.1) is 0 Å². The second-order valence-electron chi connectivity index (χ2n) is 13.0. The van der Waals surface area contributed by atoms with E-state index in [-0.39, 0.29) is 23.2 Å². The number of benzene rings is 3. The number of ether oxygens (including phenoxy) is 1. The summed E-state index contributed by atoms with van der Waals surface area (Å²) in [6.07, 6.45) is 1.19. The van der Waals surface area contributed by atoms with E-state index in [0.717, 1.165) is 5.56 Å². The highest BCUT2D eigenvalue weighted by Crippen LogP contribution is 2.45. The predicted octanol–water partition coefficient (Wildman–Crippen LogP) is 7.86. The van der Waals surface area contributed by atoms with Gasteiger partial charge in [0, 0.05) is 32.1 Å². The van der Waals surface area contributed by atoms with Crippen molar-refractivity contribution in [3.05, 3.63) is 108 Å². The molecule has 0 spiro atoms. The quantitative estimate of drug-likeness (QED) is 0.203. The maximum absolute atomic E-state index is 13.1. The van der Waals surface area contributed by atoms with Crippen molar-refractivity contribution in [2.24, 2.45) is 0 Å². The number of oxazole rings is 1. The number of rotatable bonds is 7. The Bertz CT molecular complexity index is 1530. The third-order valence-corrected chi connectivity index (χ3v) is 13.7. The molecule has 8 heteroatoms. The van der Waals surface area contributed by atoms with Crippen molar-refractivity contribution < 1.29 is 18.4 Å². The summed E-state index contributed by atoms with van der Waals surface area (Å²) in [4.78, 5) is 21.6. The number of carbonyl (C=O) groups excluding carboxylic acids is 1. The van der Waals surface area contributed by atoms with Gasteiger partial charge >= 0.3 is 6.09 Å². The number of anilines is 1. The molecule has 1 atom stereocenters. The van der Waals surface area contributed by atoms with Crippen LogP contribution in [0.15, 0.2) is 89.5 Å². The summed E-state index contributed by atoms with van der Waals surface area (Å²) in [7, 11) is -2.10. The van der Waals surface area contributed by atoms with Crippen LogP contribution < -0.4 is 4.90 Å². The van der Waals surface area contributed by atoms with Gasteiger partial charge in [-0.3, -0.25) is 0 Å². The number of piperazine rings is 1. The lowest BCUT2D eigenvalue weighted by Gasteiger charge is -2.38. The lowest BCUT2D eigenvalue weighted by molar-refractivity contribution is 0.0972. The average Bonchev–Trinajstić information content (AvgIpc) is 3.62. The lowest BCUT2D eigenvalue weighted by Crippen LogP contribution is -2.49. The third-order valence-electron chi connectivity index (χ3n) is 9.24. The Morgan fingerprint density at radius 3 is 2.09 bits per heavy atom. The summed E-state index contributed by atoms with van der Waals surface area (Å²) < 4.78 is 19.1. The van der Waals surface area contributed by atoms with Crippen LogP contribution in [0.5, 0.6) is 0 Å². The van der Waals surface area contributed by atoms with E-state index in [1.807, 2.05) is 18.2 Å². The summed E-state index contributed by atoms with van der Waals surface area (Å²) in [5.74, 6) is 0.750. The molecule has 1 aromatic heterocycles. The summed E-state index contributed by atoms with van der Waals surface area (Å²) in [6.45, 7) is 13.9. The zero-order valence-electron chi connectivity index (χ0n) is 25.7. The van der Waals surface area contributed by atoms with Crippen LogP contribution in [-0.2, 0) is 9.16 Å². The Morgan fingerprint density at radius 1 is 0.907 bits per heavy atom. The SMILES string of the molecule is CC(C)(C)[Si](C)(C)O[C@@H](c1ccccc1)c1cnc(N2CCN(C(=O)OCC3c4ccccc4-c4ccccc43)CC2)o1. The molecule has 0 saturated carbocycles. The van der Waals surface area contributed by atoms with Crippen molar-refractivity contribution >= 4 is 20.4 Å². The predicted molar refractivity (Wildman–Crippen MR) is 172 cm³/mol. The van der Waals surface area contributed by atoms with Crippen molar-refractivity contribution in [2.75, 3.05) is 37.7 Å². The molecule has 1 amide bonds. The van der Waals surface area contributed by atoms with Gasteiger partial charge in [0.2, 0.25) is 0 Å².